The smallest absolute Gasteiger partial charge is 0.242 e. The first-order valence-corrected chi connectivity index (χ1v) is 8.55. The first-order chi connectivity index (χ1) is 10.6. The van der Waals surface area contributed by atoms with Crippen molar-refractivity contribution in [2.45, 2.75) is 37.5 Å². The average molecular weight is 324 g/mol. The number of carbonyl (C=O) groups excluding carboxylic acids is 2. The topological polar surface area (TPSA) is 58.2 Å². The first-order valence-electron chi connectivity index (χ1n) is 7.50. The van der Waals surface area contributed by atoms with Gasteiger partial charge in [-0.2, -0.15) is 0 Å². The molecule has 0 aromatic heterocycles. The highest BCUT2D eigenvalue weighted by molar-refractivity contribution is 8.00. The molecule has 1 heterocycles. The second kappa shape index (κ2) is 8.17. The standard InChI is InChI=1S/C16H21FN2O2S/c1-11(12-5-4-6-13(17)9-12)22-10-15(20)19-14-7-2-3-8-18-16(14)21/h4-6,9,11,14H,2-3,7-8,10H2,1H3,(H,18,21)(H,19,20)/t11-,14-/m1/s1. The van der Waals surface area contributed by atoms with E-state index >= 15 is 0 Å². The summed E-state index contributed by atoms with van der Waals surface area (Å²) in [4.78, 5) is 23.8. The van der Waals surface area contributed by atoms with E-state index in [1.807, 2.05) is 13.0 Å². The number of hydrogen-bond acceptors (Lipinski definition) is 3. The molecule has 6 heteroatoms. The second-order valence-corrected chi connectivity index (χ2v) is 6.74. The number of hydrogen-bond donors (Lipinski definition) is 2. The molecule has 0 radical (unpaired) electrons. The SMILES string of the molecule is C[C@@H](SCC(=O)N[C@@H]1CCCCNC1=O)c1cccc(F)c1. The van der Waals surface area contributed by atoms with E-state index in [1.54, 1.807) is 6.07 Å². The minimum atomic E-state index is -0.430. The molecule has 1 aliphatic heterocycles. The molecule has 2 atom stereocenters. The Kier molecular flexibility index (Phi) is 6.24. The van der Waals surface area contributed by atoms with Gasteiger partial charge in [-0.15, -0.1) is 11.8 Å². The normalized spacial score (nSPS) is 19.9. The van der Waals surface area contributed by atoms with E-state index in [4.69, 9.17) is 0 Å². The summed E-state index contributed by atoms with van der Waals surface area (Å²) in [5.41, 5.74) is 0.852. The lowest BCUT2D eigenvalue weighted by atomic mass is 10.1. The Morgan fingerprint density at radius 2 is 2.32 bits per heavy atom. The molecule has 22 heavy (non-hydrogen) atoms. The van der Waals surface area contributed by atoms with Gasteiger partial charge in [0.05, 0.1) is 5.75 Å². The fraction of sp³-hybridized carbons (Fsp3) is 0.500. The number of rotatable bonds is 5. The van der Waals surface area contributed by atoms with Gasteiger partial charge in [0.2, 0.25) is 11.8 Å². The summed E-state index contributed by atoms with van der Waals surface area (Å²) in [5, 5.41) is 5.59. The lowest BCUT2D eigenvalue weighted by molar-refractivity contribution is -0.127. The lowest BCUT2D eigenvalue weighted by Gasteiger charge is -2.16. The van der Waals surface area contributed by atoms with Crippen LogP contribution in [0.3, 0.4) is 0 Å². The van der Waals surface area contributed by atoms with Gasteiger partial charge in [0, 0.05) is 11.8 Å². The summed E-state index contributed by atoms with van der Waals surface area (Å²) >= 11 is 1.43. The summed E-state index contributed by atoms with van der Waals surface area (Å²) in [5.74, 6) is -0.282. The van der Waals surface area contributed by atoms with E-state index in [2.05, 4.69) is 10.6 Å². The van der Waals surface area contributed by atoms with Crippen LogP contribution in [0.2, 0.25) is 0 Å². The van der Waals surface area contributed by atoms with Crippen molar-refractivity contribution in [3.8, 4) is 0 Å². The molecular weight excluding hydrogens is 303 g/mol. The first kappa shape index (κ1) is 16.8. The zero-order valence-corrected chi connectivity index (χ0v) is 13.4. The Morgan fingerprint density at radius 3 is 3.09 bits per heavy atom. The van der Waals surface area contributed by atoms with Gasteiger partial charge in [-0.1, -0.05) is 12.1 Å². The Labute approximate surface area is 134 Å². The number of halogens is 1. The van der Waals surface area contributed by atoms with Gasteiger partial charge >= 0.3 is 0 Å². The highest BCUT2D eigenvalue weighted by Gasteiger charge is 2.22. The van der Waals surface area contributed by atoms with Crippen LogP contribution in [0.25, 0.3) is 0 Å². The van der Waals surface area contributed by atoms with Crippen molar-refractivity contribution in [1.29, 1.82) is 0 Å². The number of thioether (sulfide) groups is 1. The van der Waals surface area contributed by atoms with Crippen LogP contribution in [-0.2, 0) is 9.59 Å². The fourth-order valence-electron chi connectivity index (χ4n) is 2.37. The fourth-order valence-corrected chi connectivity index (χ4v) is 3.19. The van der Waals surface area contributed by atoms with Crippen molar-refractivity contribution in [2.24, 2.45) is 0 Å². The van der Waals surface area contributed by atoms with Crippen molar-refractivity contribution >= 4 is 23.6 Å². The van der Waals surface area contributed by atoms with Crippen LogP contribution >= 0.6 is 11.8 Å². The number of amides is 2. The van der Waals surface area contributed by atoms with Gasteiger partial charge < -0.3 is 10.6 Å². The van der Waals surface area contributed by atoms with Gasteiger partial charge in [-0.05, 0) is 43.9 Å². The van der Waals surface area contributed by atoms with Crippen LogP contribution < -0.4 is 10.6 Å². The summed E-state index contributed by atoms with van der Waals surface area (Å²) < 4.78 is 13.2. The third-order valence-electron chi connectivity index (χ3n) is 3.65. The van der Waals surface area contributed by atoms with Crippen LogP contribution in [0, 0.1) is 5.82 Å². The molecule has 120 valence electrons. The van der Waals surface area contributed by atoms with Crippen LogP contribution in [0.5, 0.6) is 0 Å². The highest BCUT2D eigenvalue weighted by atomic mass is 32.2. The van der Waals surface area contributed by atoms with Crippen LogP contribution in [0.4, 0.5) is 4.39 Å². The Balaban J connectivity index is 1.80. The molecule has 1 fully saturated rings. The largest absolute Gasteiger partial charge is 0.354 e. The van der Waals surface area contributed by atoms with E-state index in [9.17, 15) is 14.0 Å². The predicted octanol–water partition coefficient (Wildman–Crippen LogP) is 2.40. The lowest BCUT2D eigenvalue weighted by Crippen LogP contribution is -2.46. The Bertz CT molecular complexity index is 539. The zero-order chi connectivity index (χ0) is 15.9. The Morgan fingerprint density at radius 1 is 1.50 bits per heavy atom. The van der Waals surface area contributed by atoms with Gasteiger partial charge in [-0.25, -0.2) is 4.39 Å². The molecule has 2 rings (SSSR count). The predicted molar refractivity (Wildman–Crippen MR) is 86.1 cm³/mol. The molecule has 0 spiro atoms. The molecule has 0 aliphatic carbocycles. The molecule has 1 aromatic carbocycles. The molecular formula is C16H21FN2O2S. The van der Waals surface area contributed by atoms with Gasteiger partial charge in [0.1, 0.15) is 11.9 Å². The second-order valence-electron chi connectivity index (χ2n) is 5.42. The Hall–Kier alpha value is -1.56. The molecule has 2 N–H and O–H groups in total. The third-order valence-corrected chi connectivity index (χ3v) is 4.85. The summed E-state index contributed by atoms with van der Waals surface area (Å²) in [6.45, 7) is 2.61. The van der Waals surface area contributed by atoms with E-state index in [0.717, 1.165) is 18.4 Å². The summed E-state index contributed by atoms with van der Waals surface area (Å²) in [7, 11) is 0. The number of nitrogens with one attached hydrogen (secondary N) is 2. The molecule has 1 aliphatic rings. The van der Waals surface area contributed by atoms with Crippen LogP contribution in [-0.4, -0.2) is 30.2 Å². The van der Waals surface area contributed by atoms with Gasteiger partial charge in [-0.3, -0.25) is 9.59 Å². The van der Waals surface area contributed by atoms with Crippen molar-refractivity contribution in [3.63, 3.8) is 0 Å². The summed E-state index contributed by atoms with van der Waals surface area (Å²) in [6.07, 6.45) is 2.56. The molecule has 1 saturated heterocycles. The maximum atomic E-state index is 13.2. The maximum absolute atomic E-state index is 13.2. The van der Waals surface area contributed by atoms with Crippen molar-refractivity contribution in [1.82, 2.24) is 10.6 Å². The van der Waals surface area contributed by atoms with Crippen molar-refractivity contribution < 1.29 is 14.0 Å². The molecule has 1 aromatic rings. The quantitative estimate of drug-likeness (QED) is 0.874. The number of carbonyl (C=O) groups is 2. The monoisotopic (exact) mass is 324 g/mol. The molecule has 0 bridgehead atoms. The van der Waals surface area contributed by atoms with E-state index < -0.39 is 6.04 Å². The molecule has 2 amide bonds. The van der Waals surface area contributed by atoms with Crippen LogP contribution in [0.1, 0.15) is 37.0 Å². The van der Waals surface area contributed by atoms with Gasteiger partial charge in [0.15, 0.2) is 0 Å². The van der Waals surface area contributed by atoms with E-state index in [1.165, 1.54) is 23.9 Å². The average Bonchev–Trinajstić information content (AvgIpc) is 2.70. The van der Waals surface area contributed by atoms with E-state index in [-0.39, 0.29) is 28.6 Å². The minimum Gasteiger partial charge on any atom is -0.354 e. The highest BCUT2D eigenvalue weighted by Crippen LogP contribution is 2.28. The molecule has 0 unspecified atom stereocenters. The summed E-state index contributed by atoms with van der Waals surface area (Å²) in [6, 6.07) is 5.96. The van der Waals surface area contributed by atoms with Crippen molar-refractivity contribution in [3.05, 3.63) is 35.6 Å². The number of benzene rings is 1. The van der Waals surface area contributed by atoms with E-state index in [0.29, 0.717) is 13.0 Å². The third kappa shape index (κ3) is 5.02. The van der Waals surface area contributed by atoms with Crippen molar-refractivity contribution in [2.75, 3.05) is 12.3 Å². The zero-order valence-electron chi connectivity index (χ0n) is 12.6. The maximum Gasteiger partial charge on any atom is 0.242 e. The molecule has 0 saturated carbocycles. The minimum absolute atomic E-state index is 0.0180. The van der Waals surface area contributed by atoms with Gasteiger partial charge in [0.25, 0.3) is 0 Å². The molecule has 4 nitrogen and oxygen atoms in total. The van der Waals surface area contributed by atoms with Crippen LogP contribution in [0.15, 0.2) is 24.3 Å².